The number of hydrogen-bond acceptors (Lipinski definition) is 2. The Morgan fingerprint density at radius 2 is 2.00 bits per heavy atom. The van der Waals surface area contributed by atoms with Crippen molar-refractivity contribution in [3.63, 3.8) is 0 Å². The van der Waals surface area contributed by atoms with Crippen LogP contribution in [0.25, 0.3) is 0 Å². The molecule has 2 nitrogen and oxygen atoms in total. The van der Waals surface area contributed by atoms with Crippen LogP contribution in [0, 0.1) is 11.2 Å². The van der Waals surface area contributed by atoms with Crippen LogP contribution in [0.5, 0.6) is 0 Å². The summed E-state index contributed by atoms with van der Waals surface area (Å²) in [7, 11) is 0. The first kappa shape index (κ1) is 15.0. The molecule has 0 amide bonds. The molecule has 1 atom stereocenters. The number of nitrogens with zero attached hydrogens (tertiary/aromatic N) is 1. The van der Waals surface area contributed by atoms with E-state index in [0.717, 1.165) is 18.7 Å². The molecule has 0 radical (unpaired) electrons. The van der Waals surface area contributed by atoms with Gasteiger partial charge in [0, 0.05) is 12.5 Å². The molecule has 0 bridgehead atoms. The maximum Gasteiger partial charge on any atom is 0.126 e. The van der Waals surface area contributed by atoms with Crippen LogP contribution in [-0.4, -0.2) is 37.6 Å². The Morgan fingerprint density at radius 3 is 2.71 bits per heavy atom. The van der Waals surface area contributed by atoms with Gasteiger partial charge in [0.1, 0.15) is 5.82 Å². The summed E-state index contributed by atoms with van der Waals surface area (Å²) >= 11 is 0. The summed E-state index contributed by atoms with van der Waals surface area (Å²) < 4.78 is 14.3. The largest absolute Gasteiger partial charge is 0.316 e. The summed E-state index contributed by atoms with van der Waals surface area (Å²) in [5.41, 5.74) is 1.23. The van der Waals surface area contributed by atoms with Gasteiger partial charge in [-0.3, -0.25) is 0 Å². The first-order valence-corrected chi connectivity index (χ1v) is 8.43. The van der Waals surface area contributed by atoms with E-state index in [1.54, 1.807) is 12.1 Å². The van der Waals surface area contributed by atoms with E-state index in [1.807, 2.05) is 12.1 Å². The molecule has 1 aromatic rings. The average Bonchev–Trinajstić information content (AvgIpc) is 2.51. The molecule has 1 unspecified atom stereocenters. The summed E-state index contributed by atoms with van der Waals surface area (Å²) in [6, 6.07) is 7.38. The number of rotatable bonds is 3. The molecule has 21 heavy (non-hydrogen) atoms. The Labute approximate surface area is 127 Å². The van der Waals surface area contributed by atoms with E-state index in [4.69, 9.17) is 0 Å². The molecule has 1 aromatic carbocycles. The molecule has 2 saturated heterocycles. The van der Waals surface area contributed by atoms with Crippen molar-refractivity contribution in [3.05, 3.63) is 35.6 Å². The van der Waals surface area contributed by atoms with Crippen molar-refractivity contribution in [1.29, 1.82) is 0 Å². The van der Waals surface area contributed by atoms with E-state index in [0.29, 0.717) is 11.3 Å². The molecule has 3 rings (SSSR count). The van der Waals surface area contributed by atoms with Crippen molar-refractivity contribution < 1.29 is 4.39 Å². The van der Waals surface area contributed by atoms with Crippen LogP contribution < -0.4 is 5.32 Å². The second kappa shape index (κ2) is 6.45. The highest BCUT2D eigenvalue weighted by molar-refractivity contribution is 5.26. The van der Waals surface area contributed by atoms with Crippen molar-refractivity contribution in [2.45, 2.75) is 38.5 Å². The van der Waals surface area contributed by atoms with Gasteiger partial charge in [-0.1, -0.05) is 25.1 Å². The third kappa shape index (κ3) is 3.00. The van der Waals surface area contributed by atoms with Gasteiger partial charge >= 0.3 is 0 Å². The second-order valence-electron chi connectivity index (χ2n) is 6.73. The highest BCUT2D eigenvalue weighted by Gasteiger charge is 2.44. The molecule has 0 aliphatic carbocycles. The minimum Gasteiger partial charge on any atom is -0.316 e. The lowest BCUT2D eigenvalue weighted by molar-refractivity contribution is 0.0528. The molecule has 1 spiro atoms. The number of hydrogen-bond donors (Lipinski definition) is 1. The van der Waals surface area contributed by atoms with Crippen molar-refractivity contribution in [2.24, 2.45) is 5.41 Å². The zero-order valence-electron chi connectivity index (χ0n) is 13.1. The predicted molar refractivity (Wildman–Crippen MR) is 85.0 cm³/mol. The third-order valence-electron chi connectivity index (χ3n) is 5.56. The second-order valence-corrected chi connectivity index (χ2v) is 6.73. The molecular formula is C18H27FN2. The van der Waals surface area contributed by atoms with Gasteiger partial charge in [-0.05, 0) is 68.9 Å². The minimum atomic E-state index is -0.0263. The van der Waals surface area contributed by atoms with Crippen LogP contribution in [0.1, 0.15) is 44.1 Å². The lowest BCUT2D eigenvalue weighted by Gasteiger charge is -2.49. The molecule has 1 N–H and O–H groups in total. The topological polar surface area (TPSA) is 15.3 Å². The van der Waals surface area contributed by atoms with Gasteiger partial charge in [-0.2, -0.15) is 0 Å². The van der Waals surface area contributed by atoms with E-state index < -0.39 is 0 Å². The fourth-order valence-corrected chi connectivity index (χ4v) is 4.31. The van der Waals surface area contributed by atoms with Crippen molar-refractivity contribution in [1.82, 2.24) is 10.2 Å². The smallest absolute Gasteiger partial charge is 0.126 e. The van der Waals surface area contributed by atoms with Crippen LogP contribution in [0.2, 0.25) is 0 Å². The monoisotopic (exact) mass is 290 g/mol. The van der Waals surface area contributed by atoms with Crippen LogP contribution in [0.15, 0.2) is 24.3 Å². The van der Waals surface area contributed by atoms with E-state index in [-0.39, 0.29) is 5.82 Å². The normalized spacial score (nSPS) is 26.1. The average molecular weight is 290 g/mol. The molecule has 116 valence electrons. The fourth-order valence-electron chi connectivity index (χ4n) is 4.31. The molecule has 2 heterocycles. The fraction of sp³-hybridized carbons (Fsp3) is 0.667. The predicted octanol–water partition coefficient (Wildman–Crippen LogP) is 3.39. The molecule has 2 aliphatic heterocycles. The number of halogens is 1. The van der Waals surface area contributed by atoms with Gasteiger partial charge in [0.15, 0.2) is 0 Å². The molecule has 0 aromatic heterocycles. The van der Waals surface area contributed by atoms with Gasteiger partial charge < -0.3 is 10.2 Å². The Bertz CT molecular complexity index is 466. The Morgan fingerprint density at radius 1 is 1.24 bits per heavy atom. The van der Waals surface area contributed by atoms with Gasteiger partial charge in [0.05, 0.1) is 0 Å². The number of benzene rings is 1. The summed E-state index contributed by atoms with van der Waals surface area (Å²) in [4.78, 5) is 2.58. The van der Waals surface area contributed by atoms with Gasteiger partial charge in [-0.15, -0.1) is 0 Å². The van der Waals surface area contributed by atoms with Crippen LogP contribution in [-0.2, 0) is 0 Å². The maximum atomic E-state index is 14.3. The van der Waals surface area contributed by atoms with Gasteiger partial charge in [0.25, 0.3) is 0 Å². The Balaban J connectivity index is 1.81. The molecule has 0 saturated carbocycles. The molecule has 2 fully saturated rings. The maximum absolute atomic E-state index is 14.3. The van der Waals surface area contributed by atoms with Crippen LogP contribution in [0.3, 0.4) is 0 Å². The highest BCUT2D eigenvalue weighted by Crippen LogP contribution is 2.48. The lowest BCUT2D eigenvalue weighted by atomic mass is 9.62. The molecular weight excluding hydrogens is 263 g/mol. The van der Waals surface area contributed by atoms with Gasteiger partial charge in [0.2, 0.25) is 0 Å². The summed E-state index contributed by atoms with van der Waals surface area (Å²) in [5.74, 6) is 0.304. The number of nitrogens with one attached hydrogen (secondary N) is 1. The minimum absolute atomic E-state index is 0.0263. The zero-order valence-corrected chi connectivity index (χ0v) is 13.1. The summed E-state index contributed by atoms with van der Waals surface area (Å²) in [6.07, 6.45) is 4.85. The standard InChI is InChI=1S/C18H27FN2/c1-2-11-21-12-8-18(9-13-21)7-10-20-14-16(18)15-5-3-4-6-17(15)19/h3-6,16,20H,2,7-14H2,1H3. The first-order valence-electron chi connectivity index (χ1n) is 8.43. The van der Waals surface area contributed by atoms with Crippen molar-refractivity contribution in [2.75, 3.05) is 32.7 Å². The lowest BCUT2D eigenvalue weighted by Crippen LogP contribution is -2.50. The zero-order chi connectivity index (χ0) is 14.7. The molecule has 2 aliphatic rings. The van der Waals surface area contributed by atoms with Crippen molar-refractivity contribution in [3.8, 4) is 0 Å². The van der Waals surface area contributed by atoms with Gasteiger partial charge in [-0.25, -0.2) is 4.39 Å². The van der Waals surface area contributed by atoms with Crippen LogP contribution >= 0.6 is 0 Å². The van der Waals surface area contributed by atoms with E-state index in [2.05, 4.69) is 17.1 Å². The van der Waals surface area contributed by atoms with Crippen molar-refractivity contribution >= 4 is 0 Å². The quantitative estimate of drug-likeness (QED) is 0.918. The Kier molecular flexibility index (Phi) is 4.60. The summed E-state index contributed by atoms with van der Waals surface area (Å²) in [6.45, 7) is 7.82. The number of likely N-dealkylation sites (tertiary alicyclic amines) is 1. The van der Waals surface area contributed by atoms with E-state index in [9.17, 15) is 4.39 Å². The highest BCUT2D eigenvalue weighted by atomic mass is 19.1. The van der Waals surface area contributed by atoms with E-state index >= 15 is 0 Å². The Hall–Kier alpha value is -0.930. The number of piperidine rings is 2. The van der Waals surface area contributed by atoms with E-state index in [1.165, 1.54) is 45.3 Å². The molecule has 3 heteroatoms. The van der Waals surface area contributed by atoms with Crippen LogP contribution in [0.4, 0.5) is 4.39 Å². The summed E-state index contributed by atoms with van der Waals surface area (Å²) in [5, 5.41) is 3.49. The SMILES string of the molecule is CCCN1CCC2(CCNCC2c2ccccc2F)CC1. The third-order valence-corrected chi connectivity index (χ3v) is 5.56. The first-order chi connectivity index (χ1) is 10.2.